The average Bonchev–Trinajstić information content (AvgIpc) is 2.11. The van der Waals surface area contributed by atoms with Gasteiger partial charge in [0.25, 0.3) is 0 Å². The van der Waals surface area contributed by atoms with Gasteiger partial charge in [-0.25, -0.2) is 0 Å². The number of fused-ring (bicyclic) bond motifs is 1. The molecule has 1 heterocycles. The first kappa shape index (κ1) is 7.34. The standard InChI is InChI=1S/C12H13N/c1-8-4-2-3-5-9(8)10-6-12-11(10)7-13-12/h2-6,11-13H,7H2,1H3. The van der Waals surface area contributed by atoms with Gasteiger partial charge in [-0.15, -0.1) is 0 Å². The summed E-state index contributed by atoms with van der Waals surface area (Å²) >= 11 is 0. The summed E-state index contributed by atoms with van der Waals surface area (Å²) in [5.41, 5.74) is 4.41. The monoisotopic (exact) mass is 171 g/mol. The summed E-state index contributed by atoms with van der Waals surface area (Å²) in [7, 11) is 0. The zero-order valence-electron chi connectivity index (χ0n) is 7.75. The van der Waals surface area contributed by atoms with Crippen LogP contribution in [0, 0.1) is 12.8 Å². The van der Waals surface area contributed by atoms with Crippen LogP contribution in [0.5, 0.6) is 0 Å². The van der Waals surface area contributed by atoms with Crippen molar-refractivity contribution in [3.05, 3.63) is 41.5 Å². The highest BCUT2D eigenvalue weighted by Gasteiger charge is 2.40. The molecule has 1 aromatic carbocycles. The van der Waals surface area contributed by atoms with E-state index >= 15 is 0 Å². The van der Waals surface area contributed by atoms with Gasteiger partial charge < -0.3 is 5.32 Å². The van der Waals surface area contributed by atoms with Crippen LogP contribution in [-0.2, 0) is 0 Å². The van der Waals surface area contributed by atoms with E-state index in [0.717, 1.165) is 5.92 Å². The quantitative estimate of drug-likeness (QED) is 0.681. The second-order valence-corrected chi connectivity index (χ2v) is 3.98. The van der Waals surface area contributed by atoms with Crippen LogP contribution >= 0.6 is 0 Å². The molecule has 1 aliphatic carbocycles. The minimum Gasteiger partial charge on any atom is -0.309 e. The Morgan fingerprint density at radius 1 is 1.31 bits per heavy atom. The van der Waals surface area contributed by atoms with Crippen molar-refractivity contribution >= 4 is 5.57 Å². The molecule has 0 saturated carbocycles. The lowest BCUT2D eigenvalue weighted by atomic mass is 9.70. The smallest absolute Gasteiger partial charge is 0.0337 e. The predicted molar refractivity (Wildman–Crippen MR) is 54.4 cm³/mol. The maximum Gasteiger partial charge on any atom is 0.0337 e. The SMILES string of the molecule is Cc1ccccc1C1=CC2NCC12. The van der Waals surface area contributed by atoms with Gasteiger partial charge in [0.05, 0.1) is 0 Å². The van der Waals surface area contributed by atoms with Crippen LogP contribution in [0.15, 0.2) is 30.3 Å². The second-order valence-electron chi connectivity index (χ2n) is 3.98. The van der Waals surface area contributed by atoms with E-state index in [0.29, 0.717) is 6.04 Å². The summed E-state index contributed by atoms with van der Waals surface area (Å²) in [5, 5.41) is 3.39. The zero-order chi connectivity index (χ0) is 8.84. The van der Waals surface area contributed by atoms with Crippen molar-refractivity contribution in [1.82, 2.24) is 5.32 Å². The van der Waals surface area contributed by atoms with Crippen molar-refractivity contribution in [3.8, 4) is 0 Å². The number of aryl methyl sites for hydroxylation is 1. The highest BCUT2D eigenvalue weighted by Crippen LogP contribution is 2.41. The molecule has 0 aromatic heterocycles. The molecule has 1 fully saturated rings. The molecule has 2 aliphatic rings. The van der Waals surface area contributed by atoms with Crippen molar-refractivity contribution in [2.75, 3.05) is 6.54 Å². The summed E-state index contributed by atoms with van der Waals surface area (Å²) in [4.78, 5) is 0. The third-order valence-corrected chi connectivity index (χ3v) is 3.22. The minimum absolute atomic E-state index is 0.689. The van der Waals surface area contributed by atoms with Crippen molar-refractivity contribution in [3.63, 3.8) is 0 Å². The third-order valence-electron chi connectivity index (χ3n) is 3.22. The fourth-order valence-electron chi connectivity index (χ4n) is 2.24. The molecule has 0 radical (unpaired) electrons. The van der Waals surface area contributed by atoms with Crippen molar-refractivity contribution < 1.29 is 0 Å². The van der Waals surface area contributed by atoms with Gasteiger partial charge in [0.2, 0.25) is 0 Å². The first-order valence-electron chi connectivity index (χ1n) is 4.87. The molecule has 1 N–H and O–H groups in total. The largest absolute Gasteiger partial charge is 0.309 e. The lowest BCUT2D eigenvalue weighted by Crippen LogP contribution is -2.57. The fourth-order valence-corrected chi connectivity index (χ4v) is 2.24. The Morgan fingerprint density at radius 3 is 2.69 bits per heavy atom. The number of rotatable bonds is 1. The second kappa shape index (κ2) is 2.46. The molecule has 13 heavy (non-hydrogen) atoms. The van der Waals surface area contributed by atoms with Gasteiger partial charge in [-0.3, -0.25) is 0 Å². The maximum atomic E-state index is 3.39. The average molecular weight is 171 g/mol. The van der Waals surface area contributed by atoms with Crippen LogP contribution in [0.3, 0.4) is 0 Å². The predicted octanol–water partition coefficient (Wildman–Crippen LogP) is 1.98. The van der Waals surface area contributed by atoms with Crippen LogP contribution in [0.4, 0.5) is 0 Å². The van der Waals surface area contributed by atoms with Gasteiger partial charge in [0, 0.05) is 18.5 Å². The van der Waals surface area contributed by atoms with E-state index < -0.39 is 0 Å². The number of hydrogen-bond acceptors (Lipinski definition) is 1. The first-order valence-corrected chi connectivity index (χ1v) is 4.87. The summed E-state index contributed by atoms with van der Waals surface area (Å²) in [6.07, 6.45) is 2.36. The molecule has 3 rings (SSSR count). The number of hydrogen-bond donors (Lipinski definition) is 1. The summed E-state index contributed by atoms with van der Waals surface area (Å²) < 4.78 is 0. The Hall–Kier alpha value is -1.08. The third kappa shape index (κ3) is 0.909. The zero-order valence-corrected chi connectivity index (χ0v) is 7.75. The van der Waals surface area contributed by atoms with E-state index in [-0.39, 0.29) is 0 Å². The van der Waals surface area contributed by atoms with E-state index in [1.807, 2.05) is 0 Å². The first-order chi connectivity index (χ1) is 6.36. The molecule has 0 amide bonds. The Balaban J connectivity index is 2.02. The molecule has 2 atom stereocenters. The van der Waals surface area contributed by atoms with E-state index in [2.05, 4.69) is 42.6 Å². The van der Waals surface area contributed by atoms with Gasteiger partial charge in [0.15, 0.2) is 0 Å². The molecule has 1 aromatic rings. The fraction of sp³-hybridized carbons (Fsp3) is 0.333. The van der Waals surface area contributed by atoms with Crippen molar-refractivity contribution in [2.24, 2.45) is 5.92 Å². The van der Waals surface area contributed by atoms with Crippen molar-refractivity contribution in [2.45, 2.75) is 13.0 Å². The van der Waals surface area contributed by atoms with Gasteiger partial charge in [-0.2, -0.15) is 0 Å². The lowest BCUT2D eigenvalue weighted by Gasteiger charge is -2.46. The van der Waals surface area contributed by atoms with Crippen LogP contribution in [0.25, 0.3) is 5.57 Å². The minimum atomic E-state index is 0.689. The number of nitrogens with one attached hydrogen (secondary N) is 1. The van der Waals surface area contributed by atoms with Crippen LogP contribution < -0.4 is 5.32 Å². The molecule has 1 heteroatoms. The van der Waals surface area contributed by atoms with Crippen LogP contribution in [-0.4, -0.2) is 12.6 Å². The highest BCUT2D eigenvalue weighted by atomic mass is 15.0. The highest BCUT2D eigenvalue weighted by molar-refractivity contribution is 5.77. The van der Waals surface area contributed by atoms with E-state index in [4.69, 9.17) is 0 Å². The van der Waals surface area contributed by atoms with E-state index in [1.54, 1.807) is 5.57 Å². The molecule has 1 saturated heterocycles. The van der Waals surface area contributed by atoms with Gasteiger partial charge in [-0.1, -0.05) is 30.3 Å². The summed E-state index contributed by atoms with van der Waals surface area (Å²) in [6.45, 7) is 3.36. The molecule has 1 nitrogen and oxygen atoms in total. The Morgan fingerprint density at radius 2 is 2.15 bits per heavy atom. The molecule has 0 bridgehead atoms. The van der Waals surface area contributed by atoms with Crippen LogP contribution in [0.1, 0.15) is 11.1 Å². The van der Waals surface area contributed by atoms with E-state index in [9.17, 15) is 0 Å². The maximum absolute atomic E-state index is 3.39. The molecule has 66 valence electrons. The Kier molecular flexibility index (Phi) is 1.39. The molecule has 1 aliphatic heterocycles. The van der Waals surface area contributed by atoms with Gasteiger partial charge >= 0.3 is 0 Å². The lowest BCUT2D eigenvalue weighted by molar-refractivity contribution is 0.318. The van der Waals surface area contributed by atoms with E-state index in [1.165, 1.54) is 17.7 Å². The molecular formula is C12H13N. The summed E-state index contributed by atoms with van der Waals surface area (Å²) in [6, 6.07) is 9.34. The van der Waals surface area contributed by atoms with Gasteiger partial charge in [0.1, 0.15) is 0 Å². The van der Waals surface area contributed by atoms with Gasteiger partial charge in [-0.05, 0) is 23.6 Å². The molecular weight excluding hydrogens is 158 g/mol. The molecule has 0 spiro atoms. The Bertz CT molecular complexity index is 378. The topological polar surface area (TPSA) is 12.0 Å². The molecule has 2 unspecified atom stereocenters. The summed E-state index contributed by atoms with van der Waals surface area (Å²) in [5.74, 6) is 0.807. The normalized spacial score (nSPS) is 29.8. The Labute approximate surface area is 78.5 Å². The van der Waals surface area contributed by atoms with Crippen LogP contribution in [0.2, 0.25) is 0 Å². The van der Waals surface area contributed by atoms with Crippen molar-refractivity contribution in [1.29, 1.82) is 0 Å². The number of benzene rings is 1.